The van der Waals surface area contributed by atoms with E-state index >= 15 is 0 Å². The van der Waals surface area contributed by atoms with Crippen molar-refractivity contribution in [2.75, 3.05) is 11.6 Å². The molecule has 128 valence electrons. The second-order valence-electron chi connectivity index (χ2n) is 4.84. The van der Waals surface area contributed by atoms with Crippen molar-refractivity contribution in [3.8, 4) is 0 Å². The Kier molecular flexibility index (Phi) is 5.71. The lowest BCUT2D eigenvalue weighted by atomic mass is 10.1. The molecule has 0 saturated carbocycles. The van der Waals surface area contributed by atoms with Crippen LogP contribution in [0.3, 0.4) is 0 Å². The molecular weight excluding hydrogens is 344 g/mol. The first-order valence-electron chi connectivity index (χ1n) is 6.84. The van der Waals surface area contributed by atoms with E-state index in [1.54, 1.807) is 23.9 Å². The van der Waals surface area contributed by atoms with Crippen molar-refractivity contribution in [2.24, 2.45) is 0 Å². The molecule has 2 amide bonds. The quantitative estimate of drug-likeness (QED) is 0.604. The van der Waals surface area contributed by atoms with Crippen molar-refractivity contribution < 1.29 is 22.4 Å². The molecule has 2 N–H and O–H groups in total. The summed E-state index contributed by atoms with van der Waals surface area (Å²) in [6, 6.07) is 8.70. The highest BCUT2D eigenvalue weighted by molar-refractivity contribution is 7.98. The van der Waals surface area contributed by atoms with Crippen LogP contribution in [0.15, 0.2) is 47.4 Å². The van der Waals surface area contributed by atoms with Crippen LogP contribution >= 0.6 is 11.8 Å². The molecule has 0 fully saturated rings. The van der Waals surface area contributed by atoms with Crippen molar-refractivity contribution in [1.29, 1.82) is 0 Å². The maximum absolute atomic E-state index is 13.7. The number of thioether (sulfide) groups is 1. The van der Waals surface area contributed by atoms with Crippen LogP contribution in [-0.2, 0) is 12.7 Å². The third kappa shape index (κ3) is 4.89. The van der Waals surface area contributed by atoms with Crippen molar-refractivity contribution in [3.63, 3.8) is 0 Å². The zero-order valence-corrected chi connectivity index (χ0v) is 13.4. The minimum atomic E-state index is -4.60. The Morgan fingerprint density at radius 1 is 1.12 bits per heavy atom. The molecule has 0 aromatic heterocycles. The maximum atomic E-state index is 13.7. The number of carbonyl (C=O) groups is 1. The van der Waals surface area contributed by atoms with Crippen LogP contribution in [-0.4, -0.2) is 12.3 Å². The van der Waals surface area contributed by atoms with Crippen LogP contribution < -0.4 is 10.6 Å². The number of anilines is 1. The summed E-state index contributed by atoms with van der Waals surface area (Å²) in [5.41, 5.74) is -0.545. The smallest absolute Gasteiger partial charge is 0.334 e. The number of halogens is 4. The Morgan fingerprint density at radius 2 is 1.79 bits per heavy atom. The van der Waals surface area contributed by atoms with Gasteiger partial charge in [-0.1, -0.05) is 6.07 Å². The first kappa shape index (κ1) is 18.1. The van der Waals surface area contributed by atoms with Gasteiger partial charge in [-0.25, -0.2) is 9.18 Å². The number of amides is 2. The minimum Gasteiger partial charge on any atom is -0.334 e. The number of benzene rings is 2. The fraction of sp³-hybridized carbons (Fsp3) is 0.188. The number of hydrogen-bond acceptors (Lipinski definition) is 2. The molecular formula is C16H14F4N2OS. The summed E-state index contributed by atoms with van der Waals surface area (Å²) < 4.78 is 51.1. The Hall–Kier alpha value is -2.22. The molecule has 0 spiro atoms. The summed E-state index contributed by atoms with van der Waals surface area (Å²) in [7, 11) is 0. The number of carbonyl (C=O) groups excluding carboxylic acids is 1. The normalized spacial score (nSPS) is 11.2. The standard InChI is InChI=1S/C16H14F4N2OS/c1-24-13-6-4-12(5-7-13)22-15(23)21-9-10-2-3-11(8-14(10)17)16(18,19)20/h2-8H,9H2,1H3,(H2,21,22,23). The van der Waals surface area contributed by atoms with E-state index in [-0.39, 0.29) is 12.1 Å². The van der Waals surface area contributed by atoms with E-state index in [0.717, 1.165) is 17.0 Å². The van der Waals surface area contributed by atoms with Crippen LogP contribution in [0.4, 0.5) is 28.0 Å². The predicted octanol–water partition coefficient (Wildman–Crippen LogP) is 4.89. The lowest BCUT2D eigenvalue weighted by molar-refractivity contribution is -0.137. The Bertz CT molecular complexity index is 717. The van der Waals surface area contributed by atoms with Gasteiger partial charge in [0.2, 0.25) is 0 Å². The largest absolute Gasteiger partial charge is 0.416 e. The van der Waals surface area contributed by atoms with Gasteiger partial charge in [0, 0.05) is 22.7 Å². The molecule has 0 radical (unpaired) electrons. The average Bonchev–Trinajstić information content (AvgIpc) is 2.53. The lowest BCUT2D eigenvalue weighted by Crippen LogP contribution is -2.28. The Morgan fingerprint density at radius 3 is 2.33 bits per heavy atom. The van der Waals surface area contributed by atoms with Gasteiger partial charge in [-0.2, -0.15) is 13.2 Å². The second kappa shape index (κ2) is 7.57. The van der Waals surface area contributed by atoms with Crippen LogP contribution in [0.1, 0.15) is 11.1 Å². The van der Waals surface area contributed by atoms with Gasteiger partial charge in [0.15, 0.2) is 0 Å². The fourth-order valence-corrected chi connectivity index (χ4v) is 2.30. The third-order valence-corrected chi connectivity index (χ3v) is 3.91. The Balaban J connectivity index is 1.93. The Labute approximate surface area is 140 Å². The molecule has 0 saturated heterocycles. The SMILES string of the molecule is CSc1ccc(NC(=O)NCc2ccc(C(F)(F)F)cc2F)cc1. The predicted molar refractivity (Wildman–Crippen MR) is 85.5 cm³/mol. The van der Waals surface area contributed by atoms with Gasteiger partial charge in [0.05, 0.1) is 5.56 Å². The number of rotatable bonds is 4. The highest BCUT2D eigenvalue weighted by atomic mass is 32.2. The molecule has 24 heavy (non-hydrogen) atoms. The topological polar surface area (TPSA) is 41.1 Å². The first-order valence-corrected chi connectivity index (χ1v) is 8.06. The summed E-state index contributed by atoms with van der Waals surface area (Å²) in [4.78, 5) is 12.8. The number of alkyl halides is 3. The van der Waals surface area contributed by atoms with Crippen molar-refractivity contribution in [1.82, 2.24) is 5.32 Å². The van der Waals surface area contributed by atoms with E-state index in [9.17, 15) is 22.4 Å². The van der Waals surface area contributed by atoms with Gasteiger partial charge in [-0.3, -0.25) is 0 Å². The summed E-state index contributed by atoms with van der Waals surface area (Å²) in [6.07, 6.45) is -2.68. The van der Waals surface area contributed by atoms with Crippen molar-refractivity contribution >= 4 is 23.5 Å². The van der Waals surface area contributed by atoms with E-state index < -0.39 is 23.6 Å². The molecule has 3 nitrogen and oxygen atoms in total. The van der Waals surface area contributed by atoms with Gasteiger partial charge < -0.3 is 10.6 Å². The highest BCUT2D eigenvalue weighted by Crippen LogP contribution is 2.30. The van der Waals surface area contributed by atoms with Crippen LogP contribution in [0.2, 0.25) is 0 Å². The van der Waals surface area contributed by atoms with Gasteiger partial charge in [-0.05, 0) is 42.7 Å². The molecule has 0 heterocycles. The lowest BCUT2D eigenvalue weighted by Gasteiger charge is -2.11. The molecule has 0 atom stereocenters. The van der Waals surface area contributed by atoms with Crippen molar-refractivity contribution in [3.05, 3.63) is 59.4 Å². The van der Waals surface area contributed by atoms with Crippen LogP contribution in [0.25, 0.3) is 0 Å². The molecule has 0 aliphatic heterocycles. The zero-order chi connectivity index (χ0) is 17.7. The first-order chi connectivity index (χ1) is 11.3. The van der Waals surface area contributed by atoms with E-state index in [0.29, 0.717) is 11.8 Å². The second-order valence-corrected chi connectivity index (χ2v) is 5.72. The monoisotopic (exact) mass is 358 g/mol. The van der Waals surface area contributed by atoms with E-state index in [2.05, 4.69) is 10.6 Å². The van der Waals surface area contributed by atoms with Crippen LogP contribution in [0.5, 0.6) is 0 Å². The average molecular weight is 358 g/mol. The summed E-state index contributed by atoms with van der Waals surface area (Å²) in [5.74, 6) is -1.02. The molecule has 0 bridgehead atoms. The van der Waals surface area contributed by atoms with Gasteiger partial charge in [-0.15, -0.1) is 11.8 Å². The molecule has 8 heteroatoms. The summed E-state index contributed by atoms with van der Waals surface area (Å²) >= 11 is 1.56. The van der Waals surface area contributed by atoms with Crippen LogP contribution in [0, 0.1) is 5.82 Å². The van der Waals surface area contributed by atoms with Gasteiger partial charge >= 0.3 is 12.2 Å². The molecule has 2 aromatic rings. The summed E-state index contributed by atoms with van der Waals surface area (Å²) in [5, 5.41) is 4.96. The molecule has 2 aromatic carbocycles. The van der Waals surface area contributed by atoms with E-state index in [1.807, 2.05) is 18.4 Å². The number of hydrogen-bond donors (Lipinski definition) is 2. The third-order valence-electron chi connectivity index (χ3n) is 3.17. The van der Waals surface area contributed by atoms with Crippen molar-refractivity contribution in [2.45, 2.75) is 17.6 Å². The minimum absolute atomic E-state index is 0.0316. The molecule has 0 aliphatic rings. The van der Waals surface area contributed by atoms with Gasteiger partial charge in [0.1, 0.15) is 5.82 Å². The zero-order valence-electron chi connectivity index (χ0n) is 12.6. The molecule has 0 aliphatic carbocycles. The fourth-order valence-electron chi connectivity index (χ4n) is 1.89. The highest BCUT2D eigenvalue weighted by Gasteiger charge is 2.31. The summed E-state index contributed by atoms with van der Waals surface area (Å²) in [6.45, 7) is -0.224. The molecule has 2 rings (SSSR count). The van der Waals surface area contributed by atoms with Gasteiger partial charge in [0.25, 0.3) is 0 Å². The number of nitrogens with one attached hydrogen (secondary N) is 2. The van der Waals surface area contributed by atoms with E-state index in [4.69, 9.17) is 0 Å². The number of urea groups is 1. The maximum Gasteiger partial charge on any atom is 0.416 e. The van der Waals surface area contributed by atoms with E-state index in [1.165, 1.54) is 0 Å². The molecule has 0 unspecified atom stereocenters.